The molecule has 0 spiro atoms. The number of hydrogen-bond acceptors (Lipinski definition) is 7. The van der Waals surface area contributed by atoms with Crippen LogP contribution >= 0.6 is 11.5 Å². The number of morpholine rings is 1. The molecule has 31 heavy (non-hydrogen) atoms. The van der Waals surface area contributed by atoms with Gasteiger partial charge in [-0.3, -0.25) is 14.6 Å². The predicted molar refractivity (Wildman–Crippen MR) is 121 cm³/mol. The standard InChI is InChI=1S/C22H29N5O3S/c28-20-15-17-16-30-14-13-26(17)22(29)27(20)8-4-3-7-24-9-11-25(12-10-24)21-18-5-1-2-6-19(18)31-23-21/h1-2,5-6,17H,3-4,7-16H2/t17-/m1/s1. The van der Waals surface area contributed by atoms with Gasteiger partial charge in [0.2, 0.25) is 5.91 Å². The van der Waals surface area contributed by atoms with Crippen LogP contribution in [0.3, 0.4) is 0 Å². The lowest BCUT2D eigenvalue weighted by molar-refractivity contribution is -0.135. The van der Waals surface area contributed by atoms with Crippen molar-refractivity contribution >= 4 is 39.4 Å². The molecule has 1 aromatic heterocycles. The Balaban J connectivity index is 1.06. The molecule has 3 amide bonds. The third-order valence-corrected chi connectivity index (χ3v) is 7.37. The Morgan fingerprint density at radius 1 is 1.03 bits per heavy atom. The average molecular weight is 444 g/mol. The van der Waals surface area contributed by atoms with Gasteiger partial charge in [0.25, 0.3) is 0 Å². The average Bonchev–Trinajstić information content (AvgIpc) is 3.23. The number of anilines is 1. The van der Waals surface area contributed by atoms with E-state index in [0.29, 0.717) is 32.7 Å². The van der Waals surface area contributed by atoms with E-state index in [-0.39, 0.29) is 18.0 Å². The molecule has 3 aliphatic heterocycles. The van der Waals surface area contributed by atoms with Crippen molar-refractivity contribution in [3.8, 4) is 0 Å². The summed E-state index contributed by atoms with van der Waals surface area (Å²) in [7, 11) is 0. The van der Waals surface area contributed by atoms with Crippen LogP contribution in [0.4, 0.5) is 10.6 Å². The Hall–Kier alpha value is -2.23. The zero-order valence-electron chi connectivity index (χ0n) is 17.7. The van der Waals surface area contributed by atoms with Gasteiger partial charge in [-0.05, 0) is 43.1 Å². The molecule has 1 aromatic carbocycles. The summed E-state index contributed by atoms with van der Waals surface area (Å²) in [6.07, 6.45) is 2.23. The van der Waals surface area contributed by atoms with Crippen LogP contribution in [0.2, 0.25) is 0 Å². The summed E-state index contributed by atoms with van der Waals surface area (Å²) in [5, 5.41) is 1.25. The quantitative estimate of drug-likeness (QED) is 0.638. The molecule has 166 valence electrons. The first kappa shape index (κ1) is 20.7. The van der Waals surface area contributed by atoms with Gasteiger partial charge in [0.1, 0.15) is 5.82 Å². The van der Waals surface area contributed by atoms with Gasteiger partial charge in [-0.15, -0.1) is 0 Å². The predicted octanol–water partition coefficient (Wildman–Crippen LogP) is 2.25. The van der Waals surface area contributed by atoms with Gasteiger partial charge in [0.05, 0.1) is 30.4 Å². The fourth-order valence-corrected chi connectivity index (χ4v) is 5.55. The van der Waals surface area contributed by atoms with E-state index in [1.165, 1.54) is 15.0 Å². The number of rotatable bonds is 6. The molecule has 3 fully saturated rings. The lowest BCUT2D eigenvalue weighted by Crippen LogP contribution is -2.60. The largest absolute Gasteiger partial charge is 0.377 e. The Morgan fingerprint density at radius 2 is 1.84 bits per heavy atom. The number of nitrogens with zero attached hydrogens (tertiary/aromatic N) is 5. The van der Waals surface area contributed by atoms with Crippen LogP contribution in [-0.2, 0) is 9.53 Å². The molecule has 1 atom stereocenters. The van der Waals surface area contributed by atoms with Crippen molar-refractivity contribution < 1.29 is 14.3 Å². The maximum atomic E-state index is 12.7. The summed E-state index contributed by atoms with van der Waals surface area (Å²) < 4.78 is 11.3. The van der Waals surface area contributed by atoms with Crippen molar-refractivity contribution in [3.63, 3.8) is 0 Å². The molecule has 0 bridgehead atoms. The topological polar surface area (TPSA) is 69.2 Å². The fourth-order valence-electron chi connectivity index (χ4n) is 4.76. The van der Waals surface area contributed by atoms with Gasteiger partial charge >= 0.3 is 6.03 Å². The molecule has 9 heteroatoms. The number of imide groups is 1. The maximum Gasteiger partial charge on any atom is 0.327 e. The smallest absolute Gasteiger partial charge is 0.327 e. The number of piperazine rings is 1. The monoisotopic (exact) mass is 443 g/mol. The summed E-state index contributed by atoms with van der Waals surface area (Å²) in [4.78, 5) is 33.2. The molecule has 0 N–H and O–H groups in total. The van der Waals surface area contributed by atoms with E-state index < -0.39 is 0 Å². The second-order valence-electron chi connectivity index (χ2n) is 8.49. The minimum Gasteiger partial charge on any atom is -0.377 e. The lowest BCUT2D eigenvalue weighted by atomic mass is 10.1. The number of hydrogen-bond donors (Lipinski definition) is 0. The maximum absolute atomic E-state index is 12.7. The second kappa shape index (κ2) is 9.10. The number of urea groups is 1. The van der Waals surface area contributed by atoms with Gasteiger partial charge in [-0.25, -0.2) is 4.79 Å². The molecule has 4 heterocycles. The lowest BCUT2D eigenvalue weighted by Gasteiger charge is -2.42. The second-order valence-corrected chi connectivity index (χ2v) is 9.30. The van der Waals surface area contributed by atoms with E-state index in [0.717, 1.165) is 51.4 Å². The minimum atomic E-state index is -0.131. The van der Waals surface area contributed by atoms with E-state index in [2.05, 4.69) is 38.4 Å². The first-order valence-electron chi connectivity index (χ1n) is 11.2. The molecule has 5 rings (SSSR count). The minimum absolute atomic E-state index is 0.0548. The summed E-state index contributed by atoms with van der Waals surface area (Å²) in [6, 6.07) is 8.22. The first-order chi connectivity index (χ1) is 15.2. The molecular weight excluding hydrogens is 414 g/mol. The number of benzene rings is 1. The van der Waals surface area contributed by atoms with Crippen LogP contribution in [0.25, 0.3) is 10.1 Å². The number of aromatic nitrogens is 1. The van der Waals surface area contributed by atoms with Crippen LogP contribution in [0, 0.1) is 0 Å². The van der Waals surface area contributed by atoms with E-state index in [4.69, 9.17) is 4.74 Å². The first-order valence-corrected chi connectivity index (χ1v) is 12.0. The Bertz CT molecular complexity index is 942. The van der Waals surface area contributed by atoms with Gasteiger partial charge in [0.15, 0.2) is 0 Å². The number of ether oxygens (including phenoxy) is 1. The van der Waals surface area contributed by atoms with Crippen molar-refractivity contribution in [1.29, 1.82) is 0 Å². The van der Waals surface area contributed by atoms with Gasteiger partial charge in [-0.1, -0.05) is 12.1 Å². The van der Waals surface area contributed by atoms with Crippen LogP contribution in [0.1, 0.15) is 19.3 Å². The highest BCUT2D eigenvalue weighted by Gasteiger charge is 2.39. The van der Waals surface area contributed by atoms with Crippen molar-refractivity contribution in [2.45, 2.75) is 25.3 Å². The summed E-state index contributed by atoms with van der Waals surface area (Å²) in [5.74, 6) is 1.06. The van der Waals surface area contributed by atoms with Gasteiger partial charge in [-0.2, -0.15) is 4.37 Å². The van der Waals surface area contributed by atoms with Crippen molar-refractivity contribution in [2.24, 2.45) is 0 Å². The zero-order chi connectivity index (χ0) is 21.2. The highest BCUT2D eigenvalue weighted by atomic mass is 32.1. The van der Waals surface area contributed by atoms with Crippen LogP contribution in [0.5, 0.6) is 0 Å². The molecule has 2 aromatic rings. The van der Waals surface area contributed by atoms with Crippen LogP contribution in [0.15, 0.2) is 24.3 Å². The van der Waals surface area contributed by atoms with Crippen LogP contribution < -0.4 is 4.90 Å². The molecule has 8 nitrogen and oxygen atoms in total. The molecule has 0 unspecified atom stereocenters. The Morgan fingerprint density at radius 3 is 2.71 bits per heavy atom. The van der Waals surface area contributed by atoms with Crippen molar-refractivity contribution in [3.05, 3.63) is 24.3 Å². The Labute approximate surface area is 186 Å². The SMILES string of the molecule is O=C1C[C@@H]2COCCN2C(=O)N1CCCCN1CCN(c2nsc3ccccc23)CC1. The highest BCUT2D eigenvalue weighted by molar-refractivity contribution is 7.13. The zero-order valence-corrected chi connectivity index (χ0v) is 18.6. The third-order valence-electron chi connectivity index (χ3n) is 6.55. The number of amides is 3. The van der Waals surface area contributed by atoms with Gasteiger partial charge < -0.3 is 14.5 Å². The third kappa shape index (κ3) is 4.26. The number of carbonyl (C=O) groups excluding carboxylic acids is 2. The molecule has 3 aliphatic rings. The van der Waals surface area contributed by atoms with Crippen LogP contribution in [-0.4, -0.2) is 96.1 Å². The van der Waals surface area contributed by atoms with E-state index in [9.17, 15) is 9.59 Å². The molecule has 3 saturated heterocycles. The number of unbranched alkanes of at least 4 members (excludes halogenated alkanes) is 1. The van der Waals surface area contributed by atoms with Gasteiger partial charge in [0, 0.05) is 44.7 Å². The summed E-state index contributed by atoms with van der Waals surface area (Å²) in [6.45, 7) is 7.15. The molecule has 0 aliphatic carbocycles. The molecular formula is C22H29N5O3S. The highest BCUT2D eigenvalue weighted by Crippen LogP contribution is 2.29. The molecule has 0 radical (unpaired) electrons. The van der Waals surface area contributed by atoms with E-state index in [1.807, 2.05) is 4.90 Å². The van der Waals surface area contributed by atoms with E-state index in [1.54, 1.807) is 11.5 Å². The van der Waals surface area contributed by atoms with E-state index >= 15 is 0 Å². The normalized spacial score (nSPS) is 23.0. The molecule has 0 saturated carbocycles. The van der Waals surface area contributed by atoms with Crippen molar-refractivity contribution in [1.82, 2.24) is 19.1 Å². The number of fused-ring (bicyclic) bond motifs is 2. The number of carbonyl (C=O) groups is 2. The fraction of sp³-hybridized carbons (Fsp3) is 0.591. The summed E-state index contributed by atoms with van der Waals surface area (Å²) in [5.41, 5.74) is 0. The Kier molecular flexibility index (Phi) is 6.06. The summed E-state index contributed by atoms with van der Waals surface area (Å²) >= 11 is 1.57. The van der Waals surface area contributed by atoms with Crippen molar-refractivity contribution in [2.75, 3.05) is 63.9 Å².